The first-order chi connectivity index (χ1) is 16.4. The summed E-state index contributed by atoms with van der Waals surface area (Å²) in [6, 6.07) is 14.9. The third kappa shape index (κ3) is 6.51. The number of rotatable bonds is 9. The molecule has 6 nitrogen and oxygen atoms in total. The Hall–Kier alpha value is -2.58. The third-order valence-electron chi connectivity index (χ3n) is 5.70. The molecule has 8 heteroatoms. The zero-order valence-corrected chi connectivity index (χ0v) is 20.9. The Morgan fingerprint density at radius 3 is 2.76 bits per heavy atom. The van der Waals surface area contributed by atoms with Crippen LogP contribution in [-0.4, -0.2) is 54.4 Å². The molecular weight excluding hydrogens is 472 g/mol. The standard InChI is InChI=1S/C26H29ClN2O4S/c1-17-3-8-23(28-26(31)25-18(2)10-12-34-25)24(13-17)32-16-20(30)14-29-11-9-22(15-29)33-21-6-4-19(27)5-7-21/h3-8,10,12-13,20,22,30H,9,11,14-16H2,1-2H3,(H,28,31). The SMILES string of the molecule is Cc1ccc(NC(=O)c2sccc2C)c(OCC(O)CN2CCC(Oc3ccc(Cl)cc3)C2)c1. The average Bonchev–Trinajstić information content (AvgIpc) is 3.44. The Kier molecular flexibility index (Phi) is 8.11. The molecule has 2 aromatic carbocycles. The van der Waals surface area contributed by atoms with Gasteiger partial charge in [-0.3, -0.25) is 9.69 Å². The van der Waals surface area contributed by atoms with Crippen LogP contribution in [0.2, 0.25) is 5.02 Å². The van der Waals surface area contributed by atoms with Crippen LogP contribution in [0, 0.1) is 13.8 Å². The number of anilines is 1. The first-order valence-corrected chi connectivity index (χ1v) is 12.5. The zero-order valence-electron chi connectivity index (χ0n) is 19.3. The highest BCUT2D eigenvalue weighted by atomic mass is 35.5. The summed E-state index contributed by atoms with van der Waals surface area (Å²) < 4.78 is 12.0. The van der Waals surface area contributed by atoms with Crippen LogP contribution < -0.4 is 14.8 Å². The van der Waals surface area contributed by atoms with Gasteiger partial charge < -0.3 is 19.9 Å². The molecule has 4 rings (SSSR count). The lowest BCUT2D eigenvalue weighted by Gasteiger charge is -2.21. The van der Waals surface area contributed by atoms with Crippen molar-refractivity contribution in [2.75, 3.05) is 31.6 Å². The van der Waals surface area contributed by atoms with E-state index in [1.165, 1.54) is 11.3 Å². The van der Waals surface area contributed by atoms with Gasteiger partial charge in [-0.2, -0.15) is 0 Å². The van der Waals surface area contributed by atoms with Gasteiger partial charge in [-0.05, 0) is 79.2 Å². The highest BCUT2D eigenvalue weighted by Gasteiger charge is 2.26. The van der Waals surface area contributed by atoms with Crippen LogP contribution in [0.3, 0.4) is 0 Å². The number of ether oxygens (including phenoxy) is 2. The number of hydrogen-bond donors (Lipinski definition) is 2. The van der Waals surface area contributed by atoms with E-state index in [-0.39, 0.29) is 18.6 Å². The number of carbonyl (C=O) groups excluding carboxylic acids is 1. The van der Waals surface area contributed by atoms with Crippen molar-refractivity contribution in [2.45, 2.75) is 32.5 Å². The predicted octanol–water partition coefficient (Wildman–Crippen LogP) is 5.16. The number of thiophene rings is 1. The summed E-state index contributed by atoms with van der Waals surface area (Å²) in [6.07, 6.45) is 0.304. The third-order valence-corrected chi connectivity index (χ3v) is 6.97. The summed E-state index contributed by atoms with van der Waals surface area (Å²) in [7, 11) is 0. The molecule has 0 spiro atoms. The molecule has 2 unspecified atom stereocenters. The molecule has 0 radical (unpaired) electrons. The van der Waals surface area contributed by atoms with E-state index in [0.717, 1.165) is 36.4 Å². The van der Waals surface area contributed by atoms with E-state index in [4.69, 9.17) is 21.1 Å². The minimum atomic E-state index is -0.669. The Balaban J connectivity index is 1.28. The smallest absolute Gasteiger partial charge is 0.266 e. The molecule has 1 aliphatic rings. The molecule has 1 fully saturated rings. The maximum absolute atomic E-state index is 12.6. The lowest BCUT2D eigenvalue weighted by Crippen LogP contribution is -2.35. The van der Waals surface area contributed by atoms with Crippen molar-refractivity contribution in [3.05, 3.63) is 74.9 Å². The van der Waals surface area contributed by atoms with Crippen molar-refractivity contribution in [3.63, 3.8) is 0 Å². The second-order valence-electron chi connectivity index (χ2n) is 8.59. The van der Waals surface area contributed by atoms with Crippen LogP contribution >= 0.6 is 22.9 Å². The van der Waals surface area contributed by atoms with E-state index in [9.17, 15) is 9.90 Å². The molecule has 34 heavy (non-hydrogen) atoms. The molecule has 1 aliphatic heterocycles. The summed E-state index contributed by atoms with van der Waals surface area (Å²) in [5.41, 5.74) is 2.54. The van der Waals surface area contributed by atoms with Gasteiger partial charge in [0.05, 0.1) is 10.6 Å². The molecule has 0 aliphatic carbocycles. The number of hydrogen-bond acceptors (Lipinski definition) is 6. The highest BCUT2D eigenvalue weighted by molar-refractivity contribution is 7.12. The number of β-amino-alcohol motifs (C(OH)–C–C–N with tert-alkyl or cyclic N) is 1. The van der Waals surface area contributed by atoms with Crippen molar-refractivity contribution in [1.82, 2.24) is 4.90 Å². The van der Waals surface area contributed by atoms with Gasteiger partial charge >= 0.3 is 0 Å². The number of nitrogens with zero attached hydrogens (tertiary/aromatic N) is 1. The Morgan fingerprint density at radius 1 is 1.24 bits per heavy atom. The van der Waals surface area contributed by atoms with Crippen LogP contribution in [-0.2, 0) is 0 Å². The lowest BCUT2D eigenvalue weighted by atomic mass is 10.2. The molecule has 0 bridgehead atoms. The first-order valence-electron chi connectivity index (χ1n) is 11.3. The molecule has 1 aromatic heterocycles. The van der Waals surface area contributed by atoms with Gasteiger partial charge in [0.2, 0.25) is 0 Å². The highest BCUT2D eigenvalue weighted by Crippen LogP contribution is 2.28. The number of amides is 1. The van der Waals surface area contributed by atoms with Crippen LogP contribution in [0.1, 0.15) is 27.2 Å². The zero-order chi connectivity index (χ0) is 24.1. The lowest BCUT2D eigenvalue weighted by molar-refractivity contribution is 0.0722. The number of likely N-dealkylation sites (tertiary alicyclic amines) is 1. The van der Waals surface area contributed by atoms with Crippen LogP contribution in [0.5, 0.6) is 11.5 Å². The van der Waals surface area contributed by atoms with E-state index in [1.54, 1.807) is 0 Å². The van der Waals surface area contributed by atoms with E-state index in [2.05, 4.69) is 10.2 Å². The number of aryl methyl sites for hydroxylation is 2. The van der Waals surface area contributed by atoms with Crippen molar-refractivity contribution >= 4 is 34.5 Å². The summed E-state index contributed by atoms with van der Waals surface area (Å²) in [4.78, 5) is 15.5. The van der Waals surface area contributed by atoms with E-state index < -0.39 is 6.10 Å². The van der Waals surface area contributed by atoms with Crippen molar-refractivity contribution in [2.24, 2.45) is 0 Å². The van der Waals surface area contributed by atoms with Gasteiger partial charge in [0, 0.05) is 24.7 Å². The first kappa shape index (κ1) is 24.5. The van der Waals surface area contributed by atoms with Crippen molar-refractivity contribution in [3.8, 4) is 11.5 Å². The Labute approximate surface area is 209 Å². The van der Waals surface area contributed by atoms with Gasteiger partial charge in [0.15, 0.2) is 0 Å². The van der Waals surface area contributed by atoms with Gasteiger partial charge in [-0.25, -0.2) is 0 Å². The molecule has 2 heterocycles. The minimum absolute atomic E-state index is 0.0774. The van der Waals surface area contributed by atoms with Gasteiger partial charge in [0.1, 0.15) is 30.3 Å². The molecule has 0 saturated carbocycles. The molecule has 2 atom stereocenters. The van der Waals surface area contributed by atoms with Gasteiger partial charge in [-0.1, -0.05) is 17.7 Å². The number of benzene rings is 2. The number of halogens is 1. The second kappa shape index (κ2) is 11.2. The minimum Gasteiger partial charge on any atom is -0.489 e. The number of aliphatic hydroxyl groups is 1. The van der Waals surface area contributed by atoms with Crippen LogP contribution in [0.15, 0.2) is 53.9 Å². The fourth-order valence-corrected chi connectivity index (χ4v) is 4.88. The molecular formula is C26H29ClN2O4S. The second-order valence-corrected chi connectivity index (χ2v) is 9.95. The summed E-state index contributed by atoms with van der Waals surface area (Å²) in [6.45, 7) is 6.08. The number of carbonyl (C=O) groups is 1. The summed E-state index contributed by atoms with van der Waals surface area (Å²) >= 11 is 7.34. The normalized spacial score (nSPS) is 16.9. The van der Waals surface area contributed by atoms with E-state index >= 15 is 0 Å². The average molecular weight is 501 g/mol. The predicted molar refractivity (Wildman–Crippen MR) is 137 cm³/mol. The van der Waals surface area contributed by atoms with Crippen LogP contribution in [0.4, 0.5) is 5.69 Å². The van der Waals surface area contributed by atoms with Crippen molar-refractivity contribution in [1.29, 1.82) is 0 Å². The van der Waals surface area contributed by atoms with Gasteiger partial charge in [-0.15, -0.1) is 11.3 Å². The topological polar surface area (TPSA) is 71.0 Å². The Bertz CT molecular complexity index is 1120. The fraction of sp³-hybridized carbons (Fsp3) is 0.346. The molecule has 2 N–H and O–H groups in total. The quantitative estimate of drug-likeness (QED) is 0.424. The maximum atomic E-state index is 12.6. The molecule has 1 saturated heterocycles. The summed E-state index contributed by atoms with van der Waals surface area (Å²) in [5, 5.41) is 16.1. The Morgan fingerprint density at radius 2 is 2.03 bits per heavy atom. The number of aliphatic hydroxyl groups excluding tert-OH is 1. The molecule has 1 amide bonds. The van der Waals surface area contributed by atoms with Crippen LogP contribution in [0.25, 0.3) is 0 Å². The fourth-order valence-electron chi connectivity index (χ4n) is 3.94. The summed E-state index contributed by atoms with van der Waals surface area (Å²) in [5.74, 6) is 1.18. The number of nitrogens with one attached hydrogen (secondary N) is 1. The van der Waals surface area contributed by atoms with Crippen molar-refractivity contribution < 1.29 is 19.4 Å². The van der Waals surface area contributed by atoms with E-state index in [1.807, 2.05) is 67.8 Å². The van der Waals surface area contributed by atoms with E-state index in [0.29, 0.717) is 27.9 Å². The largest absolute Gasteiger partial charge is 0.489 e. The monoisotopic (exact) mass is 500 g/mol. The maximum Gasteiger partial charge on any atom is 0.266 e. The molecule has 3 aromatic rings. The van der Waals surface area contributed by atoms with Gasteiger partial charge in [0.25, 0.3) is 5.91 Å². The molecule has 180 valence electrons.